The number of hydrogen-bond donors (Lipinski definition) is 2. The first-order valence-corrected chi connectivity index (χ1v) is 2.87. The Morgan fingerprint density at radius 2 is 2.11 bits per heavy atom. The Morgan fingerprint density at radius 1 is 1.56 bits per heavy atom. The smallest absolute Gasteiger partial charge is 0.217 e. The van der Waals surface area contributed by atoms with Crippen molar-refractivity contribution in [1.29, 1.82) is 0 Å². The fraction of sp³-hybridized carbons (Fsp3) is 0.667. The van der Waals surface area contributed by atoms with Gasteiger partial charge in [-0.3, -0.25) is 4.79 Å². The molecular formula is C6H12NO2. The third-order valence-electron chi connectivity index (χ3n) is 1.07. The molecule has 9 heavy (non-hydrogen) atoms. The quantitative estimate of drug-likeness (QED) is 0.555. The van der Waals surface area contributed by atoms with Crippen molar-refractivity contribution in [1.82, 2.24) is 0 Å². The van der Waals surface area contributed by atoms with Crippen LogP contribution in [0.1, 0.15) is 19.8 Å². The molecule has 0 saturated carbocycles. The molecule has 1 amide bonds. The van der Waals surface area contributed by atoms with Crippen molar-refractivity contribution in [3.63, 3.8) is 0 Å². The van der Waals surface area contributed by atoms with Crippen LogP contribution in [0.5, 0.6) is 0 Å². The van der Waals surface area contributed by atoms with Gasteiger partial charge in [0.25, 0.3) is 0 Å². The van der Waals surface area contributed by atoms with Gasteiger partial charge in [-0.2, -0.15) is 0 Å². The maximum absolute atomic E-state index is 10.1. The summed E-state index contributed by atoms with van der Waals surface area (Å²) in [5.74, 6) is 0.580. The van der Waals surface area contributed by atoms with Crippen LogP contribution in [0.2, 0.25) is 0 Å². The summed E-state index contributed by atoms with van der Waals surface area (Å²) < 4.78 is 0. The topological polar surface area (TPSA) is 63.3 Å². The average Bonchev–Trinajstić information content (AvgIpc) is 1.83. The monoisotopic (exact) mass is 130 g/mol. The van der Waals surface area contributed by atoms with E-state index in [9.17, 15) is 4.79 Å². The van der Waals surface area contributed by atoms with Crippen LogP contribution in [-0.4, -0.2) is 17.6 Å². The zero-order valence-corrected chi connectivity index (χ0v) is 5.55. The molecule has 3 heteroatoms. The maximum atomic E-state index is 10.1. The van der Waals surface area contributed by atoms with E-state index < -0.39 is 0 Å². The number of primary amides is 1. The lowest BCUT2D eigenvalue weighted by Crippen LogP contribution is -2.12. The van der Waals surface area contributed by atoms with Crippen molar-refractivity contribution in [3.8, 4) is 0 Å². The lowest BCUT2D eigenvalue weighted by molar-refractivity contribution is -0.118. The number of hydrogen-bond acceptors (Lipinski definition) is 2. The molecule has 0 aromatic heterocycles. The molecule has 0 aliphatic carbocycles. The largest absolute Gasteiger partial charge is 0.396 e. The third-order valence-corrected chi connectivity index (χ3v) is 1.07. The number of rotatable bonds is 4. The summed E-state index contributed by atoms with van der Waals surface area (Å²) in [7, 11) is 0. The van der Waals surface area contributed by atoms with Crippen LogP contribution in [0.4, 0.5) is 0 Å². The van der Waals surface area contributed by atoms with Gasteiger partial charge < -0.3 is 10.8 Å². The lowest BCUT2D eigenvalue weighted by Gasteiger charge is -2.02. The SMILES string of the molecule is C[C](CO)CCC(N)=O. The van der Waals surface area contributed by atoms with E-state index >= 15 is 0 Å². The molecule has 3 nitrogen and oxygen atoms in total. The zero-order chi connectivity index (χ0) is 7.28. The van der Waals surface area contributed by atoms with E-state index in [-0.39, 0.29) is 12.5 Å². The Kier molecular flexibility index (Phi) is 4.05. The summed E-state index contributed by atoms with van der Waals surface area (Å²) in [5.41, 5.74) is 4.86. The van der Waals surface area contributed by atoms with Crippen molar-refractivity contribution in [2.45, 2.75) is 19.8 Å². The highest BCUT2D eigenvalue weighted by atomic mass is 16.3. The van der Waals surface area contributed by atoms with E-state index in [4.69, 9.17) is 10.8 Å². The van der Waals surface area contributed by atoms with E-state index in [0.717, 1.165) is 5.92 Å². The van der Waals surface area contributed by atoms with E-state index in [1.54, 1.807) is 6.92 Å². The predicted molar refractivity (Wildman–Crippen MR) is 34.4 cm³/mol. The van der Waals surface area contributed by atoms with Crippen molar-refractivity contribution in [2.24, 2.45) is 5.73 Å². The average molecular weight is 130 g/mol. The predicted octanol–water partition coefficient (Wildman–Crippen LogP) is -0.161. The second kappa shape index (κ2) is 4.32. The molecular weight excluding hydrogens is 118 g/mol. The fourth-order valence-corrected chi connectivity index (χ4v) is 0.416. The Morgan fingerprint density at radius 3 is 2.44 bits per heavy atom. The van der Waals surface area contributed by atoms with Gasteiger partial charge in [-0.25, -0.2) is 0 Å². The second-order valence-corrected chi connectivity index (χ2v) is 2.08. The van der Waals surface area contributed by atoms with Crippen LogP contribution in [0.25, 0.3) is 0 Å². The number of aliphatic hydroxyl groups is 1. The molecule has 0 heterocycles. The summed E-state index contributed by atoms with van der Waals surface area (Å²) in [4.78, 5) is 10.1. The first-order chi connectivity index (χ1) is 4.16. The number of amides is 1. The Hall–Kier alpha value is -0.570. The summed E-state index contributed by atoms with van der Waals surface area (Å²) in [5, 5.41) is 8.46. The van der Waals surface area contributed by atoms with Gasteiger partial charge in [-0.15, -0.1) is 0 Å². The first-order valence-electron chi connectivity index (χ1n) is 2.87. The lowest BCUT2D eigenvalue weighted by atomic mass is 10.1. The van der Waals surface area contributed by atoms with Gasteiger partial charge in [0, 0.05) is 13.0 Å². The van der Waals surface area contributed by atoms with E-state index in [1.807, 2.05) is 0 Å². The van der Waals surface area contributed by atoms with Crippen LogP contribution in [0, 0.1) is 5.92 Å². The number of aliphatic hydroxyl groups excluding tert-OH is 1. The standard InChI is InChI=1S/C6H12NO2/c1-5(4-8)2-3-6(7)9/h8H,2-4H2,1H3,(H2,7,9). The molecule has 0 aliphatic heterocycles. The van der Waals surface area contributed by atoms with Crippen LogP contribution in [0.15, 0.2) is 0 Å². The second-order valence-electron chi connectivity index (χ2n) is 2.08. The summed E-state index contributed by atoms with van der Waals surface area (Å²) in [6.45, 7) is 1.84. The van der Waals surface area contributed by atoms with Gasteiger partial charge >= 0.3 is 0 Å². The highest BCUT2D eigenvalue weighted by molar-refractivity contribution is 5.73. The molecule has 0 rings (SSSR count). The number of carbonyl (C=O) groups excluding carboxylic acids is 1. The highest BCUT2D eigenvalue weighted by Crippen LogP contribution is 2.04. The molecule has 0 aliphatic rings. The van der Waals surface area contributed by atoms with Crippen LogP contribution in [-0.2, 0) is 4.79 Å². The maximum Gasteiger partial charge on any atom is 0.217 e. The molecule has 0 saturated heterocycles. The van der Waals surface area contributed by atoms with Crippen molar-refractivity contribution in [2.75, 3.05) is 6.61 Å². The van der Waals surface area contributed by atoms with E-state index in [0.29, 0.717) is 12.8 Å². The summed E-state index contributed by atoms with van der Waals surface area (Å²) in [6, 6.07) is 0. The molecule has 3 N–H and O–H groups in total. The highest BCUT2D eigenvalue weighted by Gasteiger charge is 2.01. The van der Waals surface area contributed by atoms with Gasteiger partial charge in [0.05, 0.1) is 0 Å². The Bertz CT molecular complexity index is 93.1. The molecule has 0 fully saturated rings. The van der Waals surface area contributed by atoms with Gasteiger partial charge in [-0.05, 0) is 12.3 Å². The van der Waals surface area contributed by atoms with E-state index in [2.05, 4.69) is 0 Å². The van der Waals surface area contributed by atoms with Crippen LogP contribution < -0.4 is 5.73 Å². The zero-order valence-electron chi connectivity index (χ0n) is 5.55. The molecule has 0 bridgehead atoms. The minimum atomic E-state index is -0.317. The minimum Gasteiger partial charge on any atom is -0.396 e. The Labute approximate surface area is 54.9 Å². The molecule has 0 unspecified atom stereocenters. The van der Waals surface area contributed by atoms with Crippen LogP contribution in [0.3, 0.4) is 0 Å². The van der Waals surface area contributed by atoms with Gasteiger partial charge in [0.2, 0.25) is 5.91 Å². The molecule has 53 valence electrons. The molecule has 0 atom stereocenters. The molecule has 0 aromatic carbocycles. The minimum absolute atomic E-state index is 0.0489. The van der Waals surface area contributed by atoms with Gasteiger partial charge in [-0.1, -0.05) is 6.92 Å². The van der Waals surface area contributed by atoms with Gasteiger partial charge in [0.15, 0.2) is 0 Å². The third kappa shape index (κ3) is 5.30. The summed E-state index contributed by atoms with van der Waals surface area (Å²) in [6.07, 6.45) is 0.943. The molecule has 0 aromatic rings. The number of carbonyl (C=O) groups is 1. The first kappa shape index (κ1) is 8.43. The van der Waals surface area contributed by atoms with Crippen molar-refractivity contribution >= 4 is 5.91 Å². The van der Waals surface area contributed by atoms with Gasteiger partial charge in [0.1, 0.15) is 0 Å². The summed E-state index contributed by atoms with van der Waals surface area (Å²) >= 11 is 0. The fourth-order valence-electron chi connectivity index (χ4n) is 0.416. The Balaban J connectivity index is 3.16. The number of nitrogens with two attached hydrogens (primary N) is 1. The van der Waals surface area contributed by atoms with Crippen molar-refractivity contribution < 1.29 is 9.90 Å². The molecule has 1 radical (unpaired) electrons. The normalized spacial score (nSPS) is 10.1. The van der Waals surface area contributed by atoms with Crippen LogP contribution >= 0.6 is 0 Å². The van der Waals surface area contributed by atoms with E-state index in [1.165, 1.54) is 0 Å². The van der Waals surface area contributed by atoms with Crippen molar-refractivity contribution in [3.05, 3.63) is 5.92 Å². The molecule has 0 spiro atoms.